The number of imidazole rings is 1. The normalized spacial score (nSPS) is 16.1. The second kappa shape index (κ2) is 6.35. The molecule has 0 atom stereocenters. The summed E-state index contributed by atoms with van der Waals surface area (Å²) in [6, 6.07) is 0. The van der Waals surface area contributed by atoms with Gasteiger partial charge >= 0.3 is 0 Å². The van der Waals surface area contributed by atoms with Crippen LogP contribution in [0.25, 0.3) is 4.83 Å². The van der Waals surface area contributed by atoms with Gasteiger partial charge in [0, 0.05) is 37.0 Å². The van der Waals surface area contributed by atoms with E-state index < -0.39 is 0 Å². The fourth-order valence-electron chi connectivity index (χ4n) is 3.38. The van der Waals surface area contributed by atoms with Gasteiger partial charge in [0.05, 0.1) is 12.2 Å². The van der Waals surface area contributed by atoms with Crippen molar-refractivity contribution in [2.75, 3.05) is 13.1 Å². The highest BCUT2D eigenvalue weighted by Gasteiger charge is 2.27. The summed E-state index contributed by atoms with van der Waals surface area (Å²) in [7, 11) is 0. The van der Waals surface area contributed by atoms with Gasteiger partial charge in [-0.25, -0.2) is 9.97 Å². The molecule has 0 bridgehead atoms. The van der Waals surface area contributed by atoms with Crippen molar-refractivity contribution >= 4 is 22.1 Å². The molecule has 1 saturated heterocycles. The zero-order valence-corrected chi connectivity index (χ0v) is 14.4. The minimum Gasteiger partial charge on any atom is -0.343 e. The number of nitrogens with zero attached hydrogens (tertiary/aromatic N) is 6. The summed E-state index contributed by atoms with van der Waals surface area (Å²) >= 11 is 1.75. The molecular formula is C16H20N6OS. The first-order valence-corrected chi connectivity index (χ1v) is 9.12. The lowest BCUT2D eigenvalue weighted by Gasteiger charge is -2.31. The molecule has 1 aliphatic heterocycles. The second-order valence-corrected chi connectivity index (χ2v) is 7.08. The van der Waals surface area contributed by atoms with E-state index in [1.807, 2.05) is 11.8 Å². The van der Waals surface area contributed by atoms with Crippen LogP contribution >= 0.6 is 11.3 Å². The van der Waals surface area contributed by atoms with Crippen molar-refractivity contribution in [1.29, 1.82) is 0 Å². The SMILES string of the molecule is Cc1nc(C2CCN(C(=O)CCn3cncn3)CC2)c2sccn12. The highest BCUT2D eigenvalue weighted by atomic mass is 32.1. The van der Waals surface area contributed by atoms with Crippen LogP contribution in [-0.2, 0) is 11.3 Å². The van der Waals surface area contributed by atoms with E-state index in [2.05, 4.69) is 26.1 Å². The van der Waals surface area contributed by atoms with Crippen LogP contribution in [-0.4, -0.2) is 48.0 Å². The van der Waals surface area contributed by atoms with Crippen LogP contribution in [0.1, 0.15) is 36.7 Å². The van der Waals surface area contributed by atoms with Crippen molar-refractivity contribution in [3.05, 3.63) is 35.7 Å². The molecule has 0 unspecified atom stereocenters. The van der Waals surface area contributed by atoms with Gasteiger partial charge in [0.25, 0.3) is 0 Å². The largest absolute Gasteiger partial charge is 0.343 e. The van der Waals surface area contributed by atoms with Crippen molar-refractivity contribution < 1.29 is 4.79 Å². The molecule has 8 heteroatoms. The van der Waals surface area contributed by atoms with Crippen molar-refractivity contribution in [2.45, 2.75) is 38.6 Å². The maximum absolute atomic E-state index is 12.4. The van der Waals surface area contributed by atoms with Gasteiger partial charge in [0.15, 0.2) is 0 Å². The molecule has 0 radical (unpaired) electrons. The molecule has 24 heavy (non-hydrogen) atoms. The van der Waals surface area contributed by atoms with Gasteiger partial charge in [0.1, 0.15) is 23.3 Å². The summed E-state index contributed by atoms with van der Waals surface area (Å²) in [5, 5.41) is 6.14. The Morgan fingerprint density at radius 3 is 2.96 bits per heavy atom. The van der Waals surface area contributed by atoms with Crippen LogP contribution in [0.2, 0.25) is 0 Å². The molecule has 1 fully saturated rings. The van der Waals surface area contributed by atoms with E-state index in [-0.39, 0.29) is 5.91 Å². The predicted molar refractivity (Wildman–Crippen MR) is 91.0 cm³/mol. The Kier molecular flexibility index (Phi) is 4.05. The molecular weight excluding hydrogens is 324 g/mol. The number of fused-ring (bicyclic) bond motifs is 1. The molecule has 3 aromatic rings. The van der Waals surface area contributed by atoms with Crippen molar-refractivity contribution in [3.8, 4) is 0 Å². The highest BCUT2D eigenvalue weighted by Crippen LogP contribution is 2.32. The zero-order chi connectivity index (χ0) is 16.5. The van der Waals surface area contributed by atoms with Gasteiger partial charge in [-0.05, 0) is 19.8 Å². The smallest absolute Gasteiger partial charge is 0.224 e. The minimum absolute atomic E-state index is 0.200. The first-order valence-electron chi connectivity index (χ1n) is 8.24. The maximum atomic E-state index is 12.4. The Labute approximate surface area is 143 Å². The molecule has 1 amide bonds. The Morgan fingerprint density at radius 2 is 2.21 bits per heavy atom. The Morgan fingerprint density at radius 1 is 1.38 bits per heavy atom. The van der Waals surface area contributed by atoms with E-state index >= 15 is 0 Å². The van der Waals surface area contributed by atoms with Crippen molar-refractivity contribution in [2.24, 2.45) is 0 Å². The summed E-state index contributed by atoms with van der Waals surface area (Å²) in [5.74, 6) is 1.70. The van der Waals surface area contributed by atoms with Crippen LogP contribution in [0.4, 0.5) is 0 Å². The number of carbonyl (C=O) groups excluding carboxylic acids is 1. The molecule has 1 aliphatic rings. The van der Waals surface area contributed by atoms with Gasteiger partial charge in [-0.2, -0.15) is 5.10 Å². The second-order valence-electron chi connectivity index (χ2n) is 6.19. The molecule has 3 aromatic heterocycles. The third-order valence-electron chi connectivity index (χ3n) is 4.71. The molecule has 4 rings (SSSR count). The van der Waals surface area contributed by atoms with Gasteiger partial charge in [-0.1, -0.05) is 0 Å². The minimum atomic E-state index is 0.200. The summed E-state index contributed by atoms with van der Waals surface area (Å²) in [5.41, 5.74) is 1.21. The molecule has 0 N–H and O–H groups in total. The quantitative estimate of drug-likeness (QED) is 0.727. The number of piperidine rings is 1. The number of carbonyl (C=O) groups is 1. The summed E-state index contributed by atoms with van der Waals surface area (Å²) in [6.45, 7) is 4.26. The first kappa shape index (κ1) is 15.3. The monoisotopic (exact) mass is 344 g/mol. The third kappa shape index (κ3) is 2.82. The number of hydrogen-bond donors (Lipinski definition) is 0. The average Bonchev–Trinajstić information content (AvgIpc) is 3.33. The lowest BCUT2D eigenvalue weighted by molar-refractivity contribution is -0.132. The number of amides is 1. The zero-order valence-electron chi connectivity index (χ0n) is 13.6. The number of aromatic nitrogens is 5. The summed E-state index contributed by atoms with van der Waals surface area (Å²) < 4.78 is 3.86. The molecule has 0 aromatic carbocycles. The van der Waals surface area contributed by atoms with Crippen molar-refractivity contribution in [1.82, 2.24) is 29.0 Å². The van der Waals surface area contributed by atoms with E-state index in [1.54, 1.807) is 22.3 Å². The van der Waals surface area contributed by atoms with E-state index in [0.717, 1.165) is 31.8 Å². The molecule has 4 heterocycles. The molecule has 0 spiro atoms. The Balaban J connectivity index is 1.36. The average molecular weight is 344 g/mol. The first-order chi connectivity index (χ1) is 11.7. The maximum Gasteiger partial charge on any atom is 0.224 e. The standard InChI is InChI=1S/C16H20N6OS/c1-12-19-15(16-22(12)8-9-24-16)13-2-5-20(6-3-13)14(23)4-7-21-11-17-10-18-21/h8-11,13H,2-7H2,1H3. The lowest BCUT2D eigenvalue weighted by Crippen LogP contribution is -2.38. The number of aryl methyl sites for hydroxylation is 2. The summed E-state index contributed by atoms with van der Waals surface area (Å²) in [6.07, 6.45) is 7.67. The fraction of sp³-hybridized carbons (Fsp3) is 0.500. The van der Waals surface area contributed by atoms with E-state index in [9.17, 15) is 4.79 Å². The van der Waals surface area contributed by atoms with E-state index in [4.69, 9.17) is 4.98 Å². The van der Waals surface area contributed by atoms with Crippen LogP contribution in [0, 0.1) is 6.92 Å². The van der Waals surface area contributed by atoms with Crippen LogP contribution in [0.3, 0.4) is 0 Å². The molecule has 7 nitrogen and oxygen atoms in total. The number of thiazole rings is 1. The van der Waals surface area contributed by atoms with E-state index in [1.165, 1.54) is 16.9 Å². The highest BCUT2D eigenvalue weighted by molar-refractivity contribution is 7.15. The number of likely N-dealkylation sites (tertiary alicyclic amines) is 1. The van der Waals surface area contributed by atoms with Crippen molar-refractivity contribution in [3.63, 3.8) is 0 Å². The fourth-order valence-corrected chi connectivity index (χ4v) is 4.33. The van der Waals surface area contributed by atoms with Crippen LogP contribution in [0.15, 0.2) is 24.2 Å². The summed E-state index contributed by atoms with van der Waals surface area (Å²) in [4.78, 5) is 24.2. The Bertz CT molecular complexity index is 828. The third-order valence-corrected chi connectivity index (χ3v) is 5.60. The van der Waals surface area contributed by atoms with Gasteiger partial charge in [0.2, 0.25) is 5.91 Å². The number of rotatable bonds is 4. The lowest BCUT2D eigenvalue weighted by atomic mass is 9.94. The topological polar surface area (TPSA) is 68.3 Å². The molecule has 0 saturated carbocycles. The molecule has 126 valence electrons. The van der Waals surface area contributed by atoms with Gasteiger partial charge in [-0.15, -0.1) is 11.3 Å². The van der Waals surface area contributed by atoms with Gasteiger partial charge < -0.3 is 4.90 Å². The van der Waals surface area contributed by atoms with Crippen LogP contribution < -0.4 is 0 Å². The van der Waals surface area contributed by atoms with Gasteiger partial charge in [-0.3, -0.25) is 13.9 Å². The van der Waals surface area contributed by atoms with Crippen LogP contribution in [0.5, 0.6) is 0 Å². The number of hydrogen-bond acceptors (Lipinski definition) is 5. The molecule has 0 aliphatic carbocycles. The predicted octanol–water partition coefficient (Wildman–Crippen LogP) is 2.09. The van der Waals surface area contributed by atoms with E-state index in [0.29, 0.717) is 18.9 Å². The Hall–Kier alpha value is -2.22.